The number of nitrogens with one attached hydrogen (secondary N) is 1. The number of hydrogen-bond donors (Lipinski definition) is 2. The number of halogens is 2. The van der Waals surface area contributed by atoms with E-state index in [4.69, 9.17) is 5.73 Å². The first kappa shape index (κ1) is 12.6. The quantitative estimate of drug-likeness (QED) is 0.843. The third kappa shape index (κ3) is 2.77. The molecule has 0 radical (unpaired) electrons. The summed E-state index contributed by atoms with van der Waals surface area (Å²) in [5, 5.41) is 0.558. The number of benzene rings is 1. The maximum Gasteiger partial charge on any atom is 0.254 e. The van der Waals surface area contributed by atoms with Gasteiger partial charge in [-0.1, -0.05) is 6.58 Å². The minimum atomic E-state index is -3.93. The Balaban J connectivity index is 3.21. The monoisotopic (exact) mass is 248 g/mol. The summed E-state index contributed by atoms with van der Waals surface area (Å²) < 4.78 is 50.4. The SMILES string of the molecule is C=CS(=O)(=O)Nc1c(F)cc(CN)cc1F. The molecule has 16 heavy (non-hydrogen) atoms. The Morgan fingerprint density at radius 2 is 1.88 bits per heavy atom. The molecule has 0 aliphatic carbocycles. The topological polar surface area (TPSA) is 72.2 Å². The lowest BCUT2D eigenvalue weighted by molar-refractivity contribution is 0.582. The van der Waals surface area contributed by atoms with Gasteiger partial charge in [0, 0.05) is 12.0 Å². The highest BCUT2D eigenvalue weighted by molar-refractivity contribution is 7.95. The van der Waals surface area contributed by atoms with Crippen LogP contribution in [-0.2, 0) is 16.6 Å². The van der Waals surface area contributed by atoms with E-state index < -0.39 is 27.3 Å². The van der Waals surface area contributed by atoms with Crippen molar-refractivity contribution in [2.24, 2.45) is 5.73 Å². The number of rotatable bonds is 4. The number of hydrogen-bond acceptors (Lipinski definition) is 3. The van der Waals surface area contributed by atoms with Crippen LogP contribution < -0.4 is 10.5 Å². The fourth-order valence-electron chi connectivity index (χ4n) is 1.02. The Morgan fingerprint density at radius 3 is 2.25 bits per heavy atom. The second-order valence-corrected chi connectivity index (χ2v) is 4.58. The summed E-state index contributed by atoms with van der Waals surface area (Å²) in [6.07, 6.45) is 0. The van der Waals surface area contributed by atoms with Crippen molar-refractivity contribution in [3.8, 4) is 0 Å². The molecule has 0 aromatic heterocycles. The molecule has 7 heteroatoms. The van der Waals surface area contributed by atoms with Gasteiger partial charge in [0.15, 0.2) is 11.6 Å². The highest BCUT2D eigenvalue weighted by Crippen LogP contribution is 2.21. The zero-order chi connectivity index (χ0) is 12.3. The Labute approximate surface area is 91.8 Å². The predicted octanol–water partition coefficient (Wildman–Crippen LogP) is 1.31. The standard InChI is InChI=1S/C9H10F2N2O2S/c1-2-16(14,15)13-9-7(10)3-6(5-12)4-8(9)11/h2-4,13H,1,5,12H2. The van der Waals surface area contributed by atoms with Gasteiger partial charge in [0.2, 0.25) is 0 Å². The zero-order valence-electron chi connectivity index (χ0n) is 8.20. The molecule has 1 aromatic rings. The van der Waals surface area contributed by atoms with Gasteiger partial charge >= 0.3 is 0 Å². The van der Waals surface area contributed by atoms with E-state index in [1.165, 1.54) is 0 Å². The van der Waals surface area contributed by atoms with Crippen LogP contribution in [0.15, 0.2) is 24.1 Å². The largest absolute Gasteiger partial charge is 0.326 e. The van der Waals surface area contributed by atoms with Crippen molar-refractivity contribution in [2.45, 2.75) is 6.54 Å². The molecule has 88 valence electrons. The lowest BCUT2D eigenvalue weighted by atomic mass is 10.2. The molecule has 0 saturated heterocycles. The van der Waals surface area contributed by atoms with Crippen LogP contribution in [0.5, 0.6) is 0 Å². The van der Waals surface area contributed by atoms with E-state index in [1.807, 2.05) is 0 Å². The van der Waals surface area contributed by atoms with Crippen LogP contribution in [-0.4, -0.2) is 8.42 Å². The first-order valence-corrected chi connectivity index (χ1v) is 5.77. The van der Waals surface area contributed by atoms with E-state index in [2.05, 4.69) is 6.58 Å². The van der Waals surface area contributed by atoms with Crippen LogP contribution in [0, 0.1) is 11.6 Å². The number of sulfonamides is 1. The van der Waals surface area contributed by atoms with Crippen molar-refractivity contribution in [3.63, 3.8) is 0 Å². The summed E-state index contributed by atoms with van der Waals surface area (Å²) in [7, 11) is -3.93. The van der Waals surface area contributed by atoms with E-state index in [0.717, 1.165) is 12.1 Å². The summed E-state index contributed by atoms with van der Waals surface area (Å²) in [5.41, 5.74) is 4.70. The molecule has 0 unspecified atom stereocenters. The van der Waals surface area contributed by atoms with Crippen molar-refractivity contribution >= 4 is 15.7 Å². The minimum Gasteiger partial charge on any atom is -0.326 e. The van der Waals surface area contributed by atoms with E-state index in [0.29, 0.717) is 5.41 Å². The highest BCUT2D eigenvalue weighted by Gasteiger charge is 2.15. The summed E-state index contributed by atoms with van der Waals surface area (Å²) in [5.74, 6) is -2.04. The molecule has 0 fully saturated rings. The van der Waals surface area contributed by atoms with Gasteiger partial charge in [-0.2, -0.15) is 0 Å². The van der Waals surface area contributed by atoms with Crippen LogP contribution in [0.3, 0.4) is 0 Å². The van der Waals surface area contributed by atoms with Crippen LogP contribution >= 0.6 is 0 Å². The molecule has 3 N–H and O–H groups in total. The summed E-state index contributed by atoms with van der Waals surface area (Å²) in [6.45, 7) is 2.97. The molecule has 0 aliphatic heterocycles. The molecule has 1 aromatic carbocycles. The van der Waals surface area contributed by atoms with Gasteiger partial charge in [-0.05, 0) is 17.7 Å². The van der Waals surface area contributed by atoms with Gasteiger partial charge in [-0.3, -0.25) is 4.72 Å². The molecule has 4 nitrogen and oxygen atoms in total. The second-order valence-electron chi connectivity index (χ2n) is 2.95. The van der Waals surface area contributed by atoms with Crippen LogP contribution in [0.25, 0.3) is 0 Å². The van der Waals surface area contributed by atoms with Gasteiger partial charge in [0.05, 0.1) is 0 Å². The van der Waals surface area contributed by atoms with Crippen molar-refractivity contribution in [3.05, 3.63) is 41.3 Å². The van der Waals surface area contributed by atoms with Crippen molar-refractivity contribution in [2.75, 3.05) is 4.72 Å². The maximum absolute atomic E-state index is 13.3. The molecule has 0 bridgehead atoms. The van der Waals surface area contributed by atoms with Gasteiger partial charge < -0.3 is 5.73 Å². The smallest absolute Gasteiger partial charge is 0.254 e. The fraction of sp³-hybridized carbons (Fsp3) is 0.111. The number of nitrogens with two attached hydrogens (primary N) is 1. The summed E-state index contributed by atoms with van der Waals surface area (Å²) >= 11 is 0. The van der Waals surface area contributed by atoms with Crippen LogP contribution in [0.4, 0.5) is 14.5 Å². The Hall–Kier alpha value is -1.47. The lowest BCUT2D eigenvalue weighted by Gasteiger charge is -2.08. The molecule has 0 heterocycles. The first-order valence-electron chi connectivity index (χ1n) is 4.23. The second kappa shape index (κ2) is 4.58. The minimum absolute atomic E-state index is 0.0394. The Bertz CT molecular complexity index is 491. The third-order valence-electron chi connectivity index (χ3n) is 1.80. The van der Waals surface area contributed by atoms with Gasteiger partial charge in [-0.15, -0.1) is 0 Å². The van der Waals surface area contributed by atoms with Gasteiger partial charge in [-0.25, -0.2) is 17.2 Å². The summed E-state index contributed by atoms with van der Waals surface area (Å²) in [6, 6.07) is 1.92. The van der Waals surface area contributed by atoms with Gasteiger partial charge in [0.1, 0.15) is 5.69 Å². The van der Waals surface area contributed by atoms with E-state index in [1.54, 1.807) is 4.72 Å². The molecular weight excluding hydrogens is 238 g/mol. The Morgan fingerprint density at radius 1 is 1.38 bits per heavy atom. The molecule has 1 rings (SSSR count). The van der Waals surface area contributed by atoms with E-state index in [9.17, 15) is 17.2 Å². The predicted molar refractivity (Wildman–Crippen MR) is 57.0 cm³/mol. The molecule has 0 aliphatic rings. The lowest BCUT2D eigenvalue weighted by Crippen LogP contribution is -2.12. The molecular formula is C9H10F2N2O2S. The molecule has 0 saturated carbocycles. The van der Waals surface area contributed by atoms with Crippen molar-refractivity contribution < 1.29 is 17.2 Å². The summed E-state index contributed by atoms with van der Waals surface area (Å²) in [4.78, 5) is 0. The zero-order valence-corrected chi connectivity index (χ0v) is 9.02. The molecule has 0 spiro atoms. The van der Waals surface area contributed by atoms with Crippen molar-refractivity contribution in [1.82, 2.24) is 0 Å². The molecule has 0 amide bonds. The van der Waals surface area contributed by atoms with E-state index >= 15 is 0 Å². The first-order chi connectivity index (χ1) is 7.39. The Kier molecular flexibility index (Phi) is 3.61. The number of anilines is 1. The fourth-order valence-corrected chi connectivity index (χ4v) is 1.59. The van der Waals surface area contributed by atoms with Gasteiger partial charge in [0.25, 0.3) is 10.0 Å². The van der Waals surface area contributed by atoms with Crippen molar-refractivity contribution in [1.29, 1.82) is 0 Å². The van der Waals surface area contributed by atoms with E-state index in [-0.39, 0.29) is 12.1 Å². The molecule has 0 atom stereocenters. The van der Waals surface area contributed by atoms with Crippen LogP contribution in [0.1, 0.15) is 5.56 Å². The highest BCUT2D eigenvalue weighted by atomic mass is 32.2. The normalized spacial score (nSPS) is 11.2. The average molecular weight is 248 g/mol. The maximum atomic E-state index is 13.3. The third-order valence-corrected chi connectivity index (χ3v) is 2.73. The van der Waals surface area contributed by atoms with Crippen LogP contribution in [0.2, 0.25) is 0 Å². The average Bonchev–Trinajstić information content (AvgIpc) is 2.23.